The summed E-state index contributed by atoms with van der Waals surface area (Å²) in [5.74, 6) is 0.475. The molecule has 6 heteroatoms. The Kier molecular flexibility index (Phi) is 7.05. The van der Waals surface area contributed by atoms with E-state index >= 15 is 0 Å². The highest BCUT2D eigenvalue weighted by molar-refractivity contribution is 5.97. The van der Waals surface area contributed by atoms with Gasteiger partial charge in [0.05, 0.1) is 18.4 Å². The second-order valence-electron chi connectivity index (χ2n) is 7.67. The number of hydrogen-bond acceptors (Lipinski definition) is 5. The van der Waals surface area contributed by atoms with Gasteiger partial charge in [0.15, 0.2) is 0 Å². The Morgan fingerprint density at radius 2 is 1.70 bits per heavy atom. The standard InChI is InChI=1S/C27H26N2O4/c1-32-24-14-7-6-13-22(24)27(31)29(19-20-10-3-2-4-11-20)17-9-16-28-23-18-26(30)33-25-15-8-5-12-21(23)25/h2-8,10-15,18,28H,9,16-17,19H2,1H3. The molecule has 0 spiro atoms. The van der Waals surface area contributed by atoms with Crippen molar-refractivity contribution < 1.29 is 13.9 Å². The molecule has 4 aromatic rings. The van der Waals surface area contributed by atoms with Crippen LogP contribution in [0.1, 0.15) is 22.3 Å². The largest absolute Gasteiger partial charge is 0.496 e. The van der Waals surface area contributed by atoms with Crippen LogP contribution in [0.5, 0.6) is 5.75 Å². The number of fused-ring (bicyclic) bond motifs is 1. The van der Waals surface area contributed by atoms with Crippen LogP contribution in [0, 0.1) is 0 Å². The summed E-state index contributed by atoms with van der Waals surface area (Å²) >= 11 is 0. The van der Waals surface area contributed by atoms with Gasteiger partial charge in [-0.2, -0.15) is 0 Å². The zero-order valence-electron chi connectivity index (χ0n) is 18.5. The minimum atomic E-state index is -0.395. The predicted molar refractivity (Wildman–Crippen MR) is 130 cm³/mol. The third-order valence-corrected chi connectivity index (χ3v) is 5.41. The zero-order chi connectivity index (χ0) is 23.0. The third kappa shape index (κ3) is 5.41. The Labute approximate surface area is 192 Å². The van der Waals surface area contributed by atoms with E-state index in [1.54, 1.807) is 25.3 Å². The maximum absolute atomic E-state index is 13.4. The minimum Gasteiger partial charge on any atom is -0.496 e. The van der Waals surface area contributed by atoms with E-state index in [-0.39, 0.29) is 5.91 Å². The SMILES string of the molecule is COc1ccccc1C(=O)N(CCCNc1cc(=O)oc2ccccc12)Cc1ccccc1. The van der Waals surface area contributed by atoms with Crippen molar-refractivity contribution in [2.75, 3.05) is 25.5 Å². The van der Waals surface area contributed by atoms with E-state index in [2.05, 4.69) is 5.32 Å². The fourth-order valence-corrected chi connectivity index (χ4v) is 3.80. The van der Waals surface area contributed by atoms with Crippen LogP contribution < -0.4 is 15.7 Å². The van der Waals surface area contributed by atoms with Crippen LogP contribution in [0.15, 0.2) is 94.1 Å². The fourth-order valence-electron chi connectivity index (χ4n) is 3.80. The lowest BCUT2D eigenvalue weighted by Crippen LogP contribution is -2.32. The molecule has 0 saturated carbocycles. The number of anilines is 1. The lowest BCUT2D eigenvalue weighted by atomic mass is 10.1. The molecule has 0 bridgehead atoms. The van der Waals surface area contributed by atoms with Gasteiger partial charge in [-0.05, 0) is 36.2 Å². The average molecular weight is 443 g/mol. The summed E-state index contributed by atoms with van der Waals surface area (Å²) in [6.45, 7) is 1.63. The first-order valence-electron chi connectivity index (χ1n) is 10.9. The predicted octanol–water partition coefficient (Wildman–Crippen LogP) is 4.95. The molecule has 168 valence electrons. The first kappa shape index (κ1) is 22.1. The van der Waals surface area contributed by atoms with Crippen molar-refractivity contribution in [3.05, 3.63) is 106 Å². The van der Waals surface area contributed by atoms with Crippen molar-refractivity contribution >= 4 is 22.6 Å². The topological polar surface area (TPSA) is 71.8 Å². The molecule has 0 aliphatic heterocycles. The first-order valence-corrected chi connectivity index (χ1v) is 10.9. The highest BCUT2D eigenvalue weighted by Crippen LogP contribution is 2.22. The van der Waals surface area contributed by atoms with E-state index < -0.39 is 5.63 Å². The van der Waals surface area contributed by atoms with Gasteiger partial charge < -0.3 is 19.4 Å². The van der Waals surface area contributed by atoms with Crippen LogP contribution in [-0.2, 0) is 6.54 Å². The smallest absolute Gasteiger partial charge is 0.338 e. The second kappa shape index (κ2) is 10.5. The normalized spacial score (nSPS) is 10.7. The van der Waals surface area contributed by atoms with E-state index in [1.807, 2.05) is 65.6 Å². The van der Waals surface area contributed by atoms with E-state index in [4.69, 9.17) is 9.15 Å². The Bertz CT molecular complexity index is 1280. The number of benzene rings is 3. The summed E-state index contributed by atoms with van der Waals surface area (Å²) in [4.78, 5) is 27.1. The lowest BCUT2D eigenvalue weighted by Gasteiger charge is -2.24. The van der Waals surface area contributed by atoms with Gasteiger partial charge in [0.1, 0.15) is 11.3 Å². The molecule has 1 amide bonds. The molecule has 0 unspecified atom stereocenters. The van der Waals surface area contributed by atoms with Crippen LogP contribution >= 0.6 is 0 Å². The van der Waals surface area contributed by atoms with Crippen LogP contribution in [0.4, 0.5) is 5.69 Å². The van der Waals surface area contributed by atoms with Crippen LogP contribution in [0.3, 0.4) is 0 Å². The average Bonchev–Trinajstić information content (AvgIpc) is 2.85. The number of carbonyl (C=O) groups is 1. The van der Waals surface area contributed by atoms with E-state index in [0.717, 1.165) is 16.6 Å². The highest BCUT2D eigenvalue weighted by atomic mass is 16.5. The number of methoxy groups -OCH3 is 1. The number of rotatable bonds is 9. The molecule has 6 nitrogen and oxygen atoms in total. The summed E-state index contributed by atoms with van der Waals surface area (Å²) in [5.41, 5.74) is 2.47. The maximum Gasteiger partial charge on any atom is 0.338 e. The number of amides is 1. The Hall–Kier alpha value is -4.06. The Morgan fingerprint density at radius 3 is 2.52 bits per heavy atom. The Balaban J connectivity index is 1.48. The summed E-state index contributed by atoms with van der Waals surface area (Å²) in [5, 5.41) is 4.18. The minimum absolute atomic E-state index is 0.0814. The van der Waals surface area contributed by atoms with Gasteiger partial charge in [-0.15, -0.1) is 0 Å². The number of para-hydroxylation sites is 2. The molecular formula is C27H26N2O4. The molecular weight excluding hydrogens is 416 g/mol. The molecule has 0 aliphatic carbocycles. The van der Waals surface area contributed by atoms with Gasteiger partial charge in [-0.1, -0.05) is 54.6 Å². The first-order chi connectivity index (χ1) is 16.2. The van der Waals surface area contributed by atoms with Gasteiger partial charge in [0, 0.05) is 31.1 Å². The molecule has 0 saturated heterocycles. The van der Waals surface area contributed by atoms with Gasteiger partial charge >= 0.3 is 5.63 Å². The van der Waals surface area contributed by atoms with Gasteiger partial charge in [0.2, 0.25) is 0 Å². The molecule has 4 rings (SSSR count). The monoisotopic (exact) mass is 442 g/mol. The highest BCUT2D eigenvalue weighted by Gasteiger charge is 2.19. The van der Waals surface area contributed by atoms with Crippen LogP contribution in [-0.4, -0.2) is 31.0 Å². The summed E-state index contributed by atoms with van der Waals surface area (Å²) < 4.78 is 10.7. The van der Waals surface area contributed by atoms with Crippen LogP contribution in [0.2, 0.25) is 0 Å². The van der Waals surface area contributed by atoms with Gasteiger partial charge in [-0.3, -0.25) is 4.79 Å². The van der Waals surface area contributed by atoms with Crippen molar-refractivity contribution in [2.45, 2.75) is 13.0 Å². The summed E-state index contributed by atoms with van der Waals surface area (Å²) in [6, 6.07) is 26.1. The third-order valence-electron chi connectivity index (χ3n) is 5.41. The van der Waals surface area contributed by atoms with Crippen molar-refractivity contribution in [1.82, 2.24) is 4.90 Å². The maximum atomic E-state index is 13.4. The number of nitrogens with one attached hydrogen (secondary N) is 1. The molecule has 0 fully saturated rings. The molecule has 3 aromatic carbocycles. The fraction of sp³-hybridized carbons (Fsp3) is 0.185. The molecule has 0 aliphatic rings. The number of nitrogens with zero attached hydrogens (tertiary/aromatic N) is 1. The van der Waals surface area contributed by atoms with E-state index in [9.17, 15) is 9.59 Å². The van der Waals surface area contributed by atoms with E-state index in [0.29, 0.717) is 43.0 Å². The quantitative estimate of drug-likeness (QED) is 0.293. The molecule has 1 N–H and O–H groups in total. The Morgan fingerprint density at radius 1 is 0.970 bits per heavy atom. The van der Waals surface area contributed by atoms with Gasteiger partial charge in [-0.25, -0.2) is 4.79 Å². The van der Waals surface area contributed by atoms with Crippen molar-refractivity contribution in [2.24, 2.45) is 0 Å². The van der Waals surface area contributed by atoms with Crippen molar-refractivity contribution in [3.63, 3.8) is 0 Å². The van der Waals surface area contributed by atoms with Crippen LogP contribution in [0.25, 0.3) is 11.0 Å². The lowest BCUT2D eigenvalue weighted by molar-refractivity contribution is 0.0739. The molecule has 33 heavy (non-hydrogen) atoms. The second-order valence-corrected chi connectivity index (χ2v) is 7.67. The summed E-state index contributed by atoms with van der Waals surface area (Å²) in [7, 11) is 1.57. The van der Waals surface area contributed by atoms with Gasteiger partial charge in [0.25, 0.3) is 5.91 Å². The molecule has 0 radical (unpaired) electrons. The number of carbonyl (C=O) groups excluding carboxylic acids is 1. The summed E-state index contributed by atoms with van der Waals surface area (Å²) in [6.07, 6.45) is 0.697. The zero-order valence-corrected chi connectivity index (χ0v) is 18.5. The van der Waals surface area contributed by atoms with E-state index in [1.165, 1.54) is 6.07 Å². The number of hydrogen-bond donors (Lipinski definition) is 1. The molecule has 1 aromatic heterocycles. The molecule has 0 atom stereocenters. The van der Waals surface area contributed by atoms with Crippen molar-refractivity contribution in [1.29, 1.82) is 0 Å². The van der Waals surface area contributed by atoms with Crippen molar-refractivity contribution in [3.8, 4) is 5.75 Å². The number of ether oxygens (including phenoxy) is 1. The molecule has 1 heterocycles.